The van der Waals surface area contributed by atoms with Crippen LogP contribution in [0, 0.1) is 13.8 Å². The van der Waals surface area contributed by atoms with Crippen molar-refractivity contribution in [3.63, 3.8) is 0 Å². The Balaban J connectivity index is 1.88. The van der Waals surface area contributed by atoms with Gasteiger partial charge in [0, 0.05) is 11.8 Å². The number of hydrogen-bond donors (Lipinski definition) is 0. The van der Waals surface area contributed by atoms with Crippen LogP contribution in [-0.2, 0) is 21.3 Å². The molecule has 8 heteroatoms. The van der Waals surface area contributed by atoms with Gasteiger partial charge in [-0.3, -0.25) is 14.6 Å². The second kappa shape index (κ2) is 9.02. The zero-order valence-electron chi connectivity index (χ0n) is 18.8. The molecule has 33 heavy (non-hydrogen) atoms. The fourth-order valence-electron chi connectivity index (χ4n) is 3.32. The predicted molar refractivity (Wildman–Crippen MR) is 120 cm³/mol. The van der Waals surface area contributed by atoms with Crippen molar-refractivity contribution in [1.82, 2.24) is 0 Å². The van der Waals surface area contributed by atoms with Gasteiger partial charge in [0.1, 0.15) is 0 Å². The van der Waals surface area contributed by atoms with E-state index in [2.05, 4.69) is 4.89 Å². The van der Waals surface area contributed by atoms with Gasteiger partial charge in [0.25, 0.3) is 0 Å². The predicted octanol–water partition coefficient (Wildman–Crippen LogP) is 7.07. The number of thiophene rings is 1. The van der Waals surface area contributed by atoms with Gasteiger partial charge in [-0.2, -0.15) is 13.2 Å². The lowest BCUT2D eigenvalue weighted by Crippen LogP contribution is -2.29. The molecule has 0 unspecified atom stereocenters. The molecule has 4 nitrogen and oxygen atoms in total. The standard InChI is InChI=1S/C25H23F3O4S/c1-14-12-19(10-11-20(14)32-31-16(3)29)24(4,5)23(30)22-15(2)13-21(33-22)17-6-8-18(9-7-17)25(26,27)28/h6-13H,1-5H3. The van der Waals surface area contributed by atoms with Crippen LogP contribution in [0.5, 0.6) is 5.75 Å². The van der Waals surface area contributed by atoms with E-state index in [-0.39, 0.29) is 5.78 Å². The fourth-order valence-corrected chi connectivity index (χ4v) is 4.60. The summed E-state index contributed by atoms with van der Waals surface area (Å²) in [7, 11) is 0. The summed E-state index contributed by atoms with van der Waals surface area (Å²) in [6.07, 6.45) is -4.40. The van der Waals surface area contributed by atoms with Crippen molar-refractivity contribution in [2.45, 2.75) is 46.2 Å². The number of carbonyl (C=O) groups excluding carboxylic acids is 2. The second-order valence-electron chi connectivity index (χ2n) is 8.29. The molecule has 1 aromatic heterocycles. The van der Waals surface area contributed by atoms with Gasteiger partial charge in [-0.15, -0.1) is 11.3 Å². The maximum atomic E-state index is 13.5. The normalized spacial score (nSPS) is 11.9. The fraction of sp³-hybridized carbons (Fsp3) is 0.280. The van der Waals surface area contributed by atoms with Crippen molar-refractivity contribution >= 4 is 23.1 Å². The van der Waals surface area contributed by atoms with E-state index in [0.717, 1.165) is 28.1 Å². The topological polar surface area (TPSA) is 52.6 Å². The van der Waals surface area contributed by atoms with Crippen LogP contribution in [0.15, 0.2) is 48.5 Å². The number of rotatable bonds is 6. The van der Waals surface area contributed by atoms with Crippen LogP contribution in [-0.4, -0.2) is 11.8 Å². The minimum absolute atomic E-state index is 0.101. The third-order valence-electron chi connectivity index (χ3n) is 5.33. The highest BCUT2D eigenvalue weighted by molar-refractivity contribution is 7.17. The molecule has 174 valence electrons. The zero-order chi connectivity index (χ0) is 24.6. The van der Waals surface area contributed by atoms with Crippen molar-refractivity contribution in [1.29, 1.82) is 0 Å². The van der Waals surface area contributed by atoms with E-state index in [1.807, 2.05) is 26.8 Å². The molecule has 0 spiro atoms. The van der Waals surface area contributed by atoms with Gasteiger partial charge in [0.2, 0.25) is 0 Å². The molecule has 0 aliphatic heterocycles. The molecule has 0 N–H and O–H groups in total. The summed E-state index contributed by atoms with van der Waals surface area (Å²) in [6, 6.07) is 11.9. The third-order valence-corrected chi connectivity index (χ3v) is 6.62. The maximum Gasteiger partial charge on any atom is 0.416 e. The molecule has 1 heterocycles. The molecule has 0 aliphatic rings. The van der Waals surface area contributed by atoms with Crippen molar-refractivity contribution < 1.29 is 32.5 Å². The van der Waals surface area contributed by atoms with Crippen LogP contribution in [0.25, 0.3) is 10.4 Å². The minimum atomic E-state index is -4.40. The quantitative estimate of drug-likeness (QED) is 0.217. The van der Waals surface area contributed by atoms with Gasteiger partial charge < -0.3 is 0 Å². The smallest absolute Gasteiger partial charge is 0.292 e. The summed E-state index contributed by atoms with van der Waals surface area (Å²) in [5, 5.41) is 0. The Morgan fingerprint density at radius 3 is 2.03 bits per heavy atom. The Labute approximate surface area is 193 Å². The molecule has 0 radical (unpaired) electrons. The van der Waals surface area contributed by atoms with Gasteiger partial charge >= 0.3 is 12.1 Å². The van der Waals surface area contributed by atoms with Crippen LogP contribution >= 0.6 is 11.3 Å². The van der Waals surface area contributed by atoms with E-state index in [1.54, 1.807) is 25.1 Å². The van der Waals surface area contributed by atoms with Crippen LogP contribution in [0.1, 0.15) is 52.7 Å². The highest BCUT2D eigenvalue weighted by Crippen LogP contribution is 2.38. The van der Waals surface area contributed by atoms with Gasteiger partial charge in [-0.05, 0) is 74.2 Å². The van der Waals surface area contributed by atoms with Crippen molar-refractivity contribution in [2.24, 2.45) is 0 Å². The van der Waals surface area contributed by atoms with Gasteiger partial charge in [0.15, 0.2) is 11.5 Å². The lowest BCUT2D eigenvalue weighted by Gasteiger charge is -2.24. The molecular formula is C25H23F3O4S. The molecule has 3 aromatic rings. The number of aryl methyl sites for hydroxylation is 2. The number of ketones is 1. The molecule has 0 saturated heterocycles. The SMILES string of the molecule is CC(=O)OOc1ccc(C(C)(C)C(=O)c2sc(-c3ccc(C(F)(F)F)cc3)cc2C)cc1C. The monoisotopic (exact) mass is 476 g/mol. The van der Waals surface area contributed by atoms with E-state index in [9.17, 15) is 22.8 Å². The van der Waals surface area contributed by atoms with E-state index >= 15 is 0 Å². The number of benzene rings is 2. The van der Waals surface area contributed by atoms with E-state index in [0.29, 0.717) is 21.8 Å². The molecule has 0 saturated carbocycles. The highest BCUT2D eigenvalue weighted by Gasteiger charge is 2.34. The Kier molecular flexibility index (Phi) is 6.70. The maximum absolute atomic E-state index is 13.5. The second-order valence-corrected chi connectivity index (χ2v) is 9.34. The first-order chi connectivity index (χ1) is 15.3. The van der Waals surface area contributed by atoms with Crippen molar-refractivity contribution in [3.8, 4) is 16.2 Å². The van der Waals surface area contributed by atoms with Crippen LogP contribution in [0.2, 0.25) is 0 Å². The summed E-state index contributed by atoms with van der Waals surface area (Å²) in [5.74, 6) is -0.309. The van der Waals surface area contributed by atoms with E-state index < -0.39 is 23.1 Å². The summed E-state index contributed by atoms with van der Waals surface area (Å²) >= 11 is 1.26. The Morgan fingerprint density at radius 1 is 0.879 bits per heavy atom. The van der Waals surface area contributed by atoms with E-state index in [1.165, 1.54) is 30.4 Å². The number of alkyl halides is 3. The molecular weight excluding hydrogens is 453 g/mol. The summed E-state index contributed by atoms with van der Waals surface area (Å²) in [6.45, 7) is 8.45. The summed E-state index contributed by atoms with van der Waals surface area (Å²) in [4.78, 5) is 35.3. The Bertz CT molecular complexity index is 1190. The summed E-state index contributed by atoms with van der Waals surface area (Å²) < 4.78 is 38.5. The molecule has 0 aliphatic carbocycles. The highest BCUT2D eigenvalue weighted by atomic mass is 32.1. The number of halogens is 3. The molecule has 0 fully saturated rings. The largest absolute Gasteiger partial charge is 0.416 e. The van der Waals surface area contributed by atoms with E-state index in [4.69, 9.17) is 4.89 Å². The van der Waals surface area contributed by atoms with Crippen molar-refractivity contribution in [2.75, 3.05) is 0 Å². The Morgan fingerprint density at radius 2 is 1.48 bits per heavy atom. The van der Waals surface area contributed by atoms with Gasteiger partial charge in [-0.25, -0.2) is 4.79 Å². The molecule has 0 bridgehead atoms. The lowest BCUT2D eigenvalue weighted by molar-refractivity contribution is -0.211. The number of Topliss-reactive ketones (excluding diaryl/α,β-unsaturated/α-hetero) is 1. The average molecular weight is 477 g/mol. The number of hydrogen-bond acceptors (Lipinski definition) is 5. The van der Waals surface area contributed by atoms with Crippen LogP contribution in [0.4, 0.5) is 13.2 Å². The zero-order valence-corrected chi connectivity index (χ0v) is 19.6. The van der Waals surface area contributed by atoms with Gasteiger partial charge in [-0.1, -0.05) is 24.3 Å². The van der Waals surface area contributed by atoms with Gasteiger partial charge in [0.05, 0.1) is 15.9 Å². The molecule has 3 rings (SSSR count). The average Bonchev–Trinajstić information content (AvgIpc) is 3.13. The first-order valence-corrected chi connectivity index (χ1v) is 10.9. The lowest BCUT2D eigenvalue weighted by atomic mass is 9.79. The molecule has 0 atom stereocenters. The summed E-state index contributed by atoms with van der Waals surface area (Å²) in [5.41, 5.74) is 1.24. The first-order valence-electron chi connectivity index (χ1n) is 10.1. The number of carbonyl (C=O) groups is 2. The molecule has 0 amide bonds. The minimum Gasteiger partial charge on any atom is -0.292 e. The first kappa shape index (κ1) is 24.5. The Hall–Kier alpha value is -3.13. The van der Waals surface area contributed by atoms with Crippen LogP contribution in [0.3, 0.4) is 0 Å². The molecule has 2 aromatic carbocycles. The van der Waals surface area contributed by atoms with Crippen molar-refractivity contribution in [3.05, 3.63) is 75.7 Å². The van der Waals surface area contributed by atoms with Crippen LogP contribution < -0.4 is 4.89 Å². The third kappa shape index (κ3) is 5.27.